The summed E-state index contributed by atoms with van der Waals surface area (Å²) in [5, 5.41) is 10.0. The highest BCUT2D eigenvalue weighted by molar-refractivity contribution is 5.82. The summed E-state index contributed by atoms with van der Waals surface area (Å²) in [7, 11) is 0. The Hall–Kier alpha value is -2.36. The van der Waals surface area contributed by atoms with Gasteiger partial charge in [-0.3, -0.25) is 0 Å². The number of nitrogens with zero attached hydrogens (tertiary/aromatic N) is 2. The SMILES string of the molecule is CCCn1c(-c2ccc(F)cc2O)nc2cc(C)ccc21. The van der Waals surface area contributed by atoms with Gasteiger partial charge in [-0.15, -0.1) is 0 Å². The van der Waals surface area contributed by atoms with Crippen molar-refractivity contribution in [3.05, 3.63) is 47.8 Å². The number of benzene rings is 2. The van der Waals surface area contributed by atoms with Crippen LogP contribution >= 0.6 is 0 Å². The molecule has 3 aromatic rings. The van der Waals surface area contributed by atoms with E-state index in [-0.39, 0.29) is 5.75 Å². The zero-order chi connectivity index (χ0) is 15.0. The third-order valence-corrected chi connectivity index (χ3v) is 3.55. The van der Waals surface area contributed by atoms with Crippen LogP contribution in [0.2, 0.25) is 0 Å². The fraction of sp³-hybridized carbons (Fsp3) is 0.235. The highest BCUT2D eigenvalue weighted by Crippen LogP contribution is 2.32. The molecule has 0 fully saturated rings. The fourth-order valence-corrected chi connectivity index (χ4v) is 2.59. The number of rotatable bonds is 3. The minimum atomic E-state index is -0.453. The number of phenolic OH excluding ortho intramolecular Hbond substituents is 1. The molecule has 21 heavy (non-hydrogen) atoms. The van der Waals surface area contributed by atoms with Gasteiger partial charge in [-0.05, 0) is 43.2 Å². The van der Waals surface area contributed by atoms with Crippen molar-refractivity contribution in [2.24, 2.45) is 0 Å². The normalized spacial score (nSPS) is 11.2. The van der Waals surface area contributed by atoms with Crippen LogP contribution in [-0.2, 0) is 6.54 Å². The van der Waals surface area contributed by atoms with Crippen molar-refractivity contribution in [2.45, 2.75) is 26.8 Å². The van der Waals surface area contributed by atoms with E-state index < -0.39 is 5.82 Å². The summed E-state index contributed by atoms with van der Waals surface area (Å²) >= 11 is 0. The van der Waals surface area contributed by atoms with Crippen LogP contribution in [0.5, 0.6) is 5.75 Å². The Kier molecular flexibility index (Phi) is 3.37. The number of halogens is 1. The summed E-state index contributed by atoms with van der Waals surface area (Å²) < 4.78 is 15.3. The zero-order valence-electron chi connectivity index (χ0n) is 12.1. The molecule has 1 N–H and O–H groups in total. The molecule has 0 atom stereocenters. The number of hydrogen-bond acceptors (Lipinski definition) is 2. The average molecular weight is 284 g/mol. The molecule has 2 aromatic carbocycles. The van der Waals surface area contributed by atoms with Crippen LogP contribution in [0.4, 0.5) is 4.39 Å². The summed E-state index contributed by atoms with van der Waals surface area (Å²) in [6.07, 6.45) is 0.953. The quantitative estimate of drug-likeness (QED) is 0.780. The Morgan fingerprint density at radius 2 is 2.00 bits per heavy atom. The van der Waals surface area contributed by atoms with E-state index >= 15 is 0 Å². The Bertz CT molecular complexity index is 808. The standard InChI is InChI=1S/C17H17FN2O/c1-3-8-20-15-7-4-11(2)9-14(15)19-17(20)13-6-5-12(18)10-16(13)21/h4-7,9-10,21H,3,8H2,1-2H3. The highest BCUT2D eigenvalue weighted by atomic mass is 19.1. The van der Waals surface area contributed by atoms with E-state index in [1.165, 1.54) is 6.07 Å². The van der Waals surface area contributed by atoms with Gasteiger partial charge in [0.2, 0.25) is 0 Å². The summed E-state index contributed by atoms with van der Waals surface area (Å²) in [6, 6.07) is 10.1. The second kappa shape index (κ2) is 5.20. The largest absolute Gasteiger partial charge is 0.507 e. The van der Waals surface area contributed by atoms with Crippen molar-refractivity contribution in [3.8, 4) is 17.1 Å². The molecule has 1 heterocycles. The molecule has 4 heteroatoms. The number of hydrogen-bond donors (Lipinski definition) is 1. The molecule has 0 radical (unpaired) electrons. The van der Waals surface area contributed by atoms with Crippen LogP contribution in [0.15, 0.2) is 36.4 Å². The second-order valence-corrected chi connectivity index (χ2v) is 5.24. The zero-order valence-corrected chi connectivity index (χ0v) is 12.1. The molecule has 0 spiro atoms. The minimum absolute atomic E-state index is 0.0839. The number of phenols is 1. The summed E-state index contributed by atoms with van der Waals surface area (Å²) in [5.41, 5.74) is 3.61. The molecular weight excluding hydrogens is 267 g/mol. The Morgan fingerprint density at radius 1 is 1.19 bits per heavy atom. The number of aromatic hydroxyl groups is 1. The van der Waals surface area contributed by atoms with Crippen molar-refractivity contribution >= 4 is 11.0 Å². The van der Waals surface area contributed by atoms with Crippen molar-refractivity contribution in [1.29, 1.82) is 0 Å². The summed E-state index contributed by atoms with van der Waals surface area (Å²) in [4.78, 5) is 4.63. The molecule has 0 saturated carbocycles. The van der Waals surface area contributed by atoms with Gasteiger partial charge in [0.1, 0.15) is 17.4 Å². The molecule has 0 bridgehead atoms. The Labute approximate surface area is 122 Å². The molecule has 0 saturated heterocycles. The number of aromatic nitrogens is 2. The molecule has 0 aliphatic heterocycles. The molecule has 0 aliphatic carbocycles. The lowest BCUT2D eigenvalue weighted by atomic mass is 10.2. The number of imidazole rings is 1. The molecule has 1 aromatic heterocycles. The monoisotopic (exact) mass is 284 g/mol. The predicted molar refractivity (Wildman–Crippen MR) is 81.8 cm³/mol. The van der Waals surface area contributed by atoms with Gasteiger partial charge in [0.15, 0.2) is 0 Å². The maximum atomic E-state index is 13.2. The van der Waals surface area contributed by atoms with Crippen molar-refractivity contribution in [3.63, 3.8) is 0 Å². The van der Waals surface area contributed by atoms with Crippen LogP contribution in [0.3, 0.4) is 0 Å². The first kappa shape index (κ1) is 13.6. The summed E-state index contributed by atoms with van der Waals surface area (Å²) in [6.45, 7) is 4.91. The summed E-state index contributed by atoms with van der Waals surface area (Å²) in [5.74, 6) is 0.138. The van der Waals surface area contributed by atoms with Gasteiger partial charge in [0.05, 0.1) is 16.6 Å². The smallest absolute Gasteiger partial charge is 0.144 e. The van der Waals surface area contributed by atoms with E-state index in [9.17, 15) is 9.50 Å². The topological polar surface area (TPSA) is 38.0 Å². The Morgan fingerprint density at radius 3 is 2.71 bits per heavy atom. The van der Waals surface area contributed by atoms with Crippen LogP contribution in [0.25, 0.3) is 22.4 Å². The lowest BCUT2D eigenvalue weighted by Gasteiger charge is -2.09. The first-order chi connectivity index (χ1) is 10.1. The van der Waals surface area contributed by atoms with Gasteiger partial charge in [0.25, 0.3) is 0 Å². The molecule has 0 amide bonds. The molecule has 3 rings (SSSR count). The van der Waals surface area contributed by atoms with E-state index in [1.807, 2.05) is 25.1 Å². The van der Waals surface area contributed by atoms with E-state index in [1.54, 1.807) is 6.07 Å². The van der Waals surface area contributed by atoms with Gasteiger partial charge in [0, 0.05) is 12.6 Å². The number of aryl methyl sites for hydroxylation is 2. The van der Waals surface area contributed by atoms with E-state index in [0.717, 1.165) is 35.6 Å². The third-order valence-electron chi connectivity index (χ3n) is 3.55. The predicted octanol–water partition coefficient (Wildman–Crippen LogP) is 4.27. The van der Waals surface area contributed by atoms with Crippen LogP contribution < -0.4 is 0 Å². The van der Waals surface area contributed by atoms with Crippen LogP contribution in [0.1, 0.15) is 18.9 Å². The third kappa shape index (κ3) is 2.37. The molecule has 0 unspecified atom stereocenters. The van der Waals surface area contributed by atoms with Crippen LogP contribution in [0, 0.1) is 12.7 Å². The van der Waals surface area contributed by atoms with Gasteiger partial charge in [-0.1, -0.05) is 13.0 Å². The van der Waals surface area contributed by atoms with E-state index in [4.69, 9.17) is 0 Å². The molecule has 3 nitrogen and oxygen atoms in total. The lowest BCUT2D eigenvalue weighted by molar-refractivity contribution is 0.470. The van der Waals surface area contributed by atoms with Gasteiger partial charge in [-0.25, -0.2) is 9.37 Å². The maximum Gasteiger partial charge on any atom is 0.144 e. The van der Waals surface area contributed by atoms with Crippen LogP contribution in [-0.4, -0.2) is 14.7 Å². The average Bonchev–Trinajstić information content (AvgIpc) is 2.77. The lowest BCUT2D eigenvalue weighted by Crippen LogP contribution is -2.00. The molecular formula is C17H17FN2O. The maximum absolute atomic E-state index is 13.2. The molecule has 0 aliphatic rings. The first-order valence-electron chi connectivity index (χ1n) is 7.06. The number of fused-ring (bicyclic) bond motifs is 1. The Balaban J connectivity index is 2.27. The van der Waals surface area contributed by atoms with E-state index in [0.29, 0.717) is 11.4 Å². The van der Waals surface area contributed by atoms with E-state index in [2.05, 4.69) is 16.5 Å². The second-order valence-electron chi connectivity index (χ2n) is 5.24. The minimum Gasteiger partial charge on any atom is -0.507 e. The molecule has 108 valence electrons. The first-order valence-corrected chi connectivity index (χ1v) is 7.06. The van der Waals surface area contributed by atoms with Crippen molar-refractivity contribution in [1.82, 2.24) is 9.55 Å². The van der Waals surface area contributed by atoms with Gasteiger partial charge in [-0.2, -0.15) is 0 Å². The van der Waals surface area contributed by atoms with Gasteiger partial charge >= 0.3 is 0 Å². The fourth-order valence-electron chi connectivity index (χ4n) is 2.59. The van der Waals surface area contributed by atoms with Gasteiger partial charge < -0.3 is 9.67 Å². The van der Waals surface area contributed by atoms with Crippen molar-refractivity contribution < 1.29 is 9.50 Å². The highest BCUT2D eigenvalue weighted by Gasteiger charge is 2.15. The van der Waals surface area contributed by atoms with Crippen molar-refractivity contribution in [2.75, 3.05) is 0 Å².